The molecule has 8 N–H and O–H groups in total. The molecule has 0 bridgehead atoms. The predicted octanol–water partition coefficient (Wildman–Crippen LogP) is -4.16. The lowest BCUT2D eigenvalue weighted by Gasteiger charge is -2.27. The molecule has 0 aromatic heterocycles. The van der Waals surface area contributed by atoms with Crippen LogP contribution in [0.15, 0.2) is 0 Å². The van der Waals surface area contributed by atoms with Gasteiger partial charge in [-0.05, 0) is 0 Å². The van der Waals surface area contributed by atoms with Crippen LogP contribution in [-0.4, -0.2) is 74.0 Å². The fourth-order valence-corrected chi connectivity index (χ4v) is 0.895. The van der Waals surface area contributed by atoms with Crippen LogP contribution >= 0.6 is 0 Å². The second kappa shape index (κ2) is 6.58. The van der Waals surface area contributed by atoms with Gasteiger partial charge in [-0.2, -0.15) is 0 Å². The largest absolute Gasteiger partial charge is 0.417 e. The highest BCUT2D eigenvalue weighted by atomic mass is 16.7. The summed E-state index contributed by atoms with van der Waals surface area (Å²) in [7, 11) is 0. The van der Waals surface area contributed by atoms with Crippen LogP contribution in [0, 0.1) is 0 Å². The van der Waals surface area contributed by atoms with Crippen molar-refractivity contribution in [3.63, 3.8) is 0 Å². The average molecular weight is 241 g/mol. The standard InChI is InChI=1S/C7H15NO8/c8-7(15)16-6(14)5(13)4(12)3(11)2(10)1-9/h2-6,9-14H,1H2,(H2,8,15)/t2-,3+,4+,5+,6?/m0/s1. The highest BCUT2D eigenvalue weighted by Crippen LogP contribution is 2.09. The number of ether oxygens (including phenoxy) is 1. The van der Waals surface area contributed by atoms with Gasteiger partial charge in [0.1, 0.15) is 24.4 Å². The lowest BCUT2D eigenvalue weighted by molar-refractivity contribution is -0.189. The maximum atomic E-state index is 10.2. The van der Waals surface area contributed by atoms with Gasteiger partial charge in [0.25, 0.3) is 0 Å². The van der Waals surface area contributed by atoms with E-state index in [9.17, 15) is 9.90 Å². The molecule has 0 radical (unpaired) electrons. The van der Waals surface area contributed by atoms with Crippen LogP contribution in [0.3, 0.4) is 0 Å². The van der Waals surface area contributed by atoms with E-state index in [1.165, 1.54) is 0 Å². The van der Waals surface area contributed by atoms with Crippen LogP contribution in [0.25, 0.3) is 0 Å². The van der Waals surface area contributed by atoms with E-state index in [-0.39, 0.29) is 0 Å². The van der Waals surface area contributed by atoms with Crippen LogP contribution in [0.1, 0.15) is 0 Å². The van der Waals surface area contributed by atoms with Crippen molar-refractivity contribution in [2.45, 2.75) is 30.7 Å². The third-order valence-electron chi connectivity index (χ3n) is 1.81. The molecular weight excluding hydrogens is 226 g/mol. The van der Waals surface area contributed by atoms with Crippen molar-refractivity contribution in [2.24, 2.45) is 5.73 Å². The third-order valence-corrected chi connectivity index (χ3v) is 1.81. The zero-order valence-electron chi connectivity index (χ0n) is 8.17. The Morgan fingerprint density at radius 2 is 1.56 bits per heavy atom. The Kier molecular flexibility index (Phi) is 6.18. The van der Waals surface area contributed by atoms with Crippen molar-refractivity contribution >= 4 is 6.09 Å². The van der Waals surface area contributed by atoms with Crippen molar-refractivity contribution < 1.29 is 40.2 Å². The fourth-order valence-electron chi connectivity index (χ4n) is 0.895. The van der Waals surface area contributed by atoms with E-state index in [2.05, 4.69) is 10.5 Å². The molecule has 0 aliphatic rings. The Hall–Kier alpha value is -0.970. The molecule has 0 aliphatic heterocycles. The number of hydrogen-bond donors (Lipinski definition) is 7. The smallest absolute Gasteiger partial charge is 0.406 e. The number of rotatable bonds is 6. The van der Waals surface area contributed by atoms with E-state index >= 15 is 0 Å². The summed E-state index contributed by atoms with van der Waals surface area (Å²) in [6.07, 6.45) is -11.3. The van der Waals surface area contributed by atoms with Gasteiger partial charge in [-0.25, -0.2) is 4.79 Å². The Morgan fingerprint density at radius 3 is 1.94 bits per heavy atom. The summed E-state index contributed by atoms with van der Waals surface area (Å²) < 4.78 is 3.93. The number of amides is 1. The minimum atomic E-state index is -2.16. The number of nitrogens with two attached hydrogens (primary N) is 1. The van der Waals surface area contributed by atoms with Crippen molar-refractivity contribution in [1.29, 1.82) is 0 Å². The molecule has 1 amide bonds. The van der Waals surface area contributed by atoms with E-state index in [0.717, 1.165) is 0 Å². The number of hydrogen-bond acceptors (Lipinski definition) is 8. The molecule has 5 atom stereocenters. The lowest BCUT2D eigenvalue weighted by Crippen LogP contribution is -2.51. The van der Waals surface area contributed by atoms with E-state index in [0.29, 0.717) is 0 Å². The molecule has 0 saturated carbocycles. The molecule has 0 aliphatic carbocycles. The molecule has 0 aromatic carbocycles. The van der Waals surface area contributed by atoms with Gasteiger partial charge in [0, 0.05) is 0 Å². The van der Waals surface area contributed by atoms with Crippen LogP contribution in [0.2, 0.25) is 0 Å². The van der Waals surface area contributed by atoms with Crippen LogP contribution < -0.4 is 5.73 Å². The van der Waals surface area contributed by atoms with Crippen LogP contribution in [-0.2, 0) is 4.74 Å². The highest BCUT2D eigenvalue weighted by Gasteiger charge is 2.35. The molecule has 1 unspecified atom stereocenters. The summed E-state index contributed by atoms with van der Waals surface area (Å²) in [4.78, 5) is 10.2. The Labute approximate surface area is 90.3 Å². The van der Waals surface area contributed by atoms with Gasteiger partial charge >= 0.3 is 6.09 Å². The topological polar surface area (TPSA) is 174 Å². The molecular formula is C7H15NO8. The van der Waals surface area contributed by atoms with E-state index in [1.54, 1.807) is 0 Å². The molecule has 0 saturated heterocycles. The monoisotopic (exact) mass is 241 g/mol. The second-order valence-corrected chi connectivity index (χ2v) is 3.05. The minimum absolute atomic E-state index is 0.863. The third kappa shape index (κ3) is 4.26. The first-order valence-corrected chi connectivity index (χ1v) is 4.28. The van der Waals surface area contributed by atoms with Gasteiger partial charge in [-0.15, -0.1) is 0 Å². The summed E-state index contributed by atoms with van der Waals surface area (Å²) in [5, 5.41) is 53.9. The normalized spacial score (nSPS) is 20.6. The molecule has 0 spiro atoms. The Balaban J connectivity index is 4.35. The van der Waals surface area contributed by atoms with E-state index < -0.39 is 43.4 Å². The van der Waals surface area contributed by atoms with Crippen molar-refractivity contribution in [3.05, 3.63) is 0 Å². The summed E-state index contributed by atoms with van der Waals surface area (Å²) >= 11 is 0. The second-order valence-electron chi connectivity index (χ2n) is 3.05. The van der Waals surface area contributed by atoms with Gasteiger partial charge in [-0.3, -0.25) is 0 Å². The summed E-state index contributed by atoms with van der Waals surface area (Å²) in [6, 6.07) is 0. The van der Waals surface area contributed by atoms with Gasteiger partial charge in [0.2, 0.25) is 6.29 Å². The van der Waals surface area contributed by atoms with Crippen LogP contribution in [0.5, 0.6) is 0 Å². The number of carbonyl (C=O) groups is 1. The van der Waals surface area contributed by atoms with Crippen molar-refractivity contribution in [3.8, 4) is 0 Å². The fraction of sp³-hybridized carbons (Fsp3) is 0.857. The SMILES string of the molecule is NC(=O)OC(O)[C@H](O)[C@H](O)[C@H](O)[C@@H](O)CO. The zero-order chi connectivity index (χ0) is 12.9. The maximum Gasteiger partial charge on any atom is 0.406 e. The molecule has 9 nitrogen and oxygen atoms in total. The number of aliphatic hydroxyl groups excluding tert-OH is 6. The summed E-state index contributed by atoms with van der Waals surface area (Å²) in [6.45, 7) is -0.863. The quantitative estimate of drug-likeness (QED) is 0.229. The summed E-state index contributed by atoms with van der Waals surface area (Å²) in [5.41, 5.74) is 4.53. The summed E-state index contributed by atoms with van der Waals surface area (Å²) in [5.74, 6) is 0. The first-order valence-electron chi connectivity index (χ1n) is 4.28. The van der Waals surface area contributed by atoms with Crippen LogP contribution in [0.4, 0.5) is 4.79 Å². The van der Waals surface area contributed by atoms with Gasteiger partial charge < -0.3 is 41.1 Å². The number of primary amides is 1. The van der Waals surface area contributed by atoms with Gasteiger partial charge in [0.05, 0.1) is 6.61 Å². The van der Waals surface area contributed by atoms with E-state index in [1.807, 2.05) is 0 Å². The number of aliphatic hydroxyl groups is 6. The van der Waals surface area contributed by atoms with Crippen molar-refractivity contribution in [1.82, 2.24) is 0 Å². The molecule has 96 valence electrons. The highest BCUT2D eigenvalue weighted by molar-refractivity contribution is 5.64. The Morgan fingerprint density at radius 1 is 1.06 bits per heavy atom. The zero-order valence-corrected chi connectivity index (χ0v) is 8.17. The van der Waals surface area contributed by atoms with Crippen molar-refractivity contribution in [2.75, 3.05) is 6.61 Å². The minimum Gasteiger partial charge on any atom is -0.417 e. The first-order chi connectivity index (χ1) is 7.31. The van der Waals surface area contributed by atoms with Gasteiger partial charge in [-0.1, -0.05) is 0 Å². The molecule has 16 heavy (non-hydrogen) atoms. The maximum absolute atomic E-state index is 10.2. The molecule has 9 heteroatoms. The van der Waals surface area contributed by atoms with Gasteiger partial charge in [0.15, 0.2) is 0 Å². The average Bonchev–Trinajstić information content (AvgIpc) is 2.23. The molecule has 0 heterocycles. The molecule has 0 rings (SSSR count). The predicted molar refractivity (Wildman–Crippen MR) is 47.8 cm³/mol. The van der Waals surface area contributed by atoms with E-state index in [4.69, 9.17) is 25.5 Å². The molecule has 0 aromatic rings. The molecule has 0 fully saturated rings. The first kappa shape index (κ1) is 15.0. The number of carbonyl (C=O) groups excluding carboxylic acids is 1. The lowest BCUT2D eigenvalue weighted by atomic mass is 10.0. The Bertz CT molecular complexity index is 224.